The van der Waals surface area contributed by atoms with Crippen molar-refractivity contribution in [2.75, 3.05) is 5.32 Å². The van der Waals surface area contributed by atoms with E-state index in [1.165, 1.54) is 5.56 Å². The number of nitrogens with one attached hydrogen (secondary N) is 1. The number of nitrogens with zero attached hydrogens (tertiary/aromatic N) is 2. The SMILES string of the molecule is Cc1cc(NC(=O)c2ccccc2)nn1Cc1ccccc1. The van der Waals surface area contributed by atoms with E-state index in [1.807, 2.05) is 54.1 Å². The first kappa shape index (κ1) is 14.1. The first-order chi connectivity index (χ1) is 10.7. The molecule has 0 spiro atoms. The van der Waals surface area contributed by atoms with Crippen LogP contribution in [0.2, 0.25) is 0 Å². The second kappa shape index (κ2) is 6.26. The van der Waals surface area contributed by atoms with Gasteiger partial charge in [0, 0.05) is 17.3 Å². The van der Waals surface area contributed by atoms with Gasteiger partial charge in [-0.25, -0.2) is 0 Å². The second-order valence-electron chi connectivity index (χ2n) is 5.13. The van der Waals surface area contributed by atoms with Gasteiger partial charge >= 0.3 is 0 Å². The van der Waals surface area contributed by atoms with Crippen molar-refractivity contribution in [2.24, 2.45) is 0 Å². The minimum atomic E-state index is -0.148. The number of carbonyl (C=O) groups excluding carboxylic acids is 1. The highest BCUT2D eigenvalue weighted by molar-refractivity contribution is 6.03. The molecule has 0 atom stereocenters. The second-order valence-corrected chi connectivity index (χ2v) is 5.13. The zero-order valence-corrected chi connectivity index (χ0v) is 12.4. The lowest BCUT2D eigenvalue weighted by atomic mass is 10.2. The molecule has 1 amide bonds. The molecule has 1 heterocycles. The highest BCUT2D eigenvalue weighted by atomic mass is 16.1. The molecular formula is C18H17N3O. The lowest BCUT2D eigenvalue weighted by Crippen LogP contribution is -2.12. The third-order valence-electron chi connectivity index (χ3n) is 3.43. The Morgan fingerprint density at radius 2 is 1.68 bits per heavy atom. The largest absolute Gasteiger partial charge is 0.305 e. The third kappa shape index (κ3) is 3.23. The van der Waals surface area contributed by atoms with Crippen molar-refractivity contribution < 1.29 is 4.79 Å². The van der Waals surface area contributed by atoms with E-state index in [4.69, 9.17) is 0 Å². The molecule has 0 fully saturated rings. The first-order valence-corrected chi connectivity index (χ1v) is 7.17. The van der Waals surface area contributed by atoms with Crippen LogP contribution in [0.5, 0.6) is 0 Å². The minimum absolute atomic E-state index is 0.148. The summed E-state index contributed by atoms with van der Waals surface area (Å²) in [4.78, 5) is 12.1. The van der Waals surface area contributed by atoms with E-state index in [-0.39, 0.29) is 5.91 Å². The maximum absolute atomic E-state index is 12.1. The van der Waals surface area contributed by atoms with Gasteiger partial charge in [-0.1, -0.05) is 48.5 Å². The molecule has 0 bridgehead atoms. The average molecular weight is 291 g/mol. The standard InChI is InChI=1S/C18H17N3O/c1-14-12-17(19-18(22)16-10-6-3-7-11-16)20-21(14)13-15-8-4-2-5-9-15/h2-12H,13H2,1H3,(H,19,20,22). The predicted molar refractivity (Wildman–Crippen MR) is 86.9 cm³/mol. The molecule has 4 nitrogen and oxygen atoms in total. The van der Waals surface area contributed by atoms with Crippen LogP contribution in [0.25, 0.3) is 0 Å². The van der Waals surface area contributed by atoms with Crippen molar-refractivity contribution in [1.29, 1.82) is 0 Å². The number of aryl methyl sites for hydroxylation is 1. The Morgan fingerprint density at radius 1 is 1.05 bits per heavy atom. The molecule has 0 saturated carbocycles. The van der Waals surface area contributed by atoms with E-state index in [9.17, 15) is 4.79 Å². The van der Waals surface area contributed by atoms with Gasteiger partial charge in [0.15, 0.2) is 5.82 Å². The van der Waals surface area contributed by atoms with Crippen molar-refractivity contribution >= 4 is 11.7 Å². The molecule has 0 aliphatic rings. The summed E-state index contributed by atoms with van der Waals surface area (Å²) in [7, 11) is 0. The summed E-state index contributed by atoms with van der Waals surface area (Å²) in [5.41, 5.74) is 2.81. The number of carbonyl (C=O) groups is 1. The Kier molecular flexibility index (Phi) is 4.01. The number of benzene rings is 2. The molecular weight excluding hydrogens is 274 g/mol. The van der Waals surface area contributed by atoms with Gasteiger partial charge in [0.05, 0.1) is 6.54 Å². The molecule has 0 saturated heterocycles. The smallest absolute Gasteiger partial charge is 0.256 e. The zero-order valence-electron chi connectivity index (χ0n) is 12.4. The topological polar surface area (TPSA) is 46.9 Å². The summed E-state index contributed by atoms with van der Waals surface area (Å²) in [6.07, 6.45) is 0. The maximum Gasteiger partial charge on any atom is 0.256 e. The number of amides is 1. The highest BCUT2D eigenvalue weighted by Gasteiger charge is 2.09. The number of aromatic nitrogens is 2. The van der Waals surface area contributed by atoms with Crippen LogP contribution in [0, 0.1) is 6.92 Å². The minimum Gasteiger partial charge on any atom is -0.305 e. The molecule has 0 unspecified atom stereocenters. The normalized spacial score (nSPS) is 10.4. The molecule has 0 aliphatic carbocycles. The molecule has 1 aromatic heterocycles. The Bertz CT molecular complexity index is 764. The molecule has 22 heavy (non-hydrogen) atoms. The fourth-order valence-corrected chi connectivity index (χ4v) is 2.27. The van der Waals surface area contributed by atoms with E-state index >= 15 is 0 Å². The molecule has 3 rings (SSSR count). The molecule has 4 heteroatoms. The average Bonchev–Trinajstić information content (AvgIpc) is 2.88. The van der Waals surface area contributed by atoms with Gasteiger partial charge in [0.2, 0.25) is 0 Å². The van der Waals surface area contributed by atoms with Crippen LogP contribution in [0.4, 0.5) is 5.82 Å². The van der Waals surface area contributed by atoms with Crippen molar-refractivity contribution in [1.82, 2.24) is 9.78 Å². The molecule has 0 aliphatic heterocycles. The van der Waals surface area contributed by atoms with Gasteiger partial charge in [-0.2, -0.15) is 5.10 Å². The van der Waals surface area contributed by atoms with Gasteiger partial charge < -0.3 is 5.32 Å². The summed E-state index contributed by atoms with van der Waals surface area (Å²) in [6.45, 7) is 2.67. The van der Waals surface area contributed by atoms with Crippen LogP contribution in [0.1, 0.15) is 21.6 Å². The van der Waals surface area contributed by atoms with Crippen molar-refractivity contribution in [3.63, 3.8) is 0 Å². The number of hydrogen-bond acceptors (Lipinski definition) is 2. The lowest BCUT2D eigenvalue weighted by molar-refractivity contribution is 0.102. The summed E-state index contributed by atoms with van der Waals surface area (Å²) >= 11 is 0. The van der Waals surface area contributed by atoms with E-state index in [0.29, 0.717) is 17.9 Å². The third-order valence-corrected chi connectivity index (χ3v) is 3.43. The lowest BCUT2D eigenvalue weighted by Gasteiger charge is -2.04. The maximum atomic E-state index is 12.1. The summed E-state index contributed by atoms with van der Waals surface area (Å²) in [6, 6.07) is 21.1. The van der Waals surface area contributed by atoms with Crippen LogP contribution in [-0.2, 0) is 6.54 Å². The Labute approximate surface area is 129 Å². The Hall–Kier alpha value is -2.88. The van der Waals surface area contributed by atoms with Crippen LogP contribution in [-0.4, -0.2) is 15.7 Å². The quantitative estimate of drug-likeness (QED) is 0.800. The van der Waals surface area contributed by atoms with Gasteiger partial charge in [-0.15, -0.1) is 0 Å². The van der Waals surface area contributed by atoms with Crippen molar-refractivity contribution in [3.8, 4) is 0 Å². The number of rotatable bonds is 4. The summed E-state index contributed by atoms with van der Waals surface area (Å²) in [5, 5.41) is 7.29. The molecule has 110 valence electrons. The molecule has 3 aromatic rings. The summed E-state index contributed by atoms with van der Waals surface area (Å²) < 4.78 is 1.88. The van der Waals surface area contributed by atoms with E-state index in [1.54, 1.807) is 12.1 Å². The van der Waals surface area contributed by atoms with Crippen LogP contribution < -0.4 is 5.32 Å². The molecule has 2 aromatic carbocycles. The van der Waals surface area contributed by atoms with Gasteiger partial charge in [-0.05, 0) is 24.6 Å². The fraction of sp³-hybridized carbons (Fsp3) is 0.111. The number of anilines is 1. The van der Waals surface area contributed by atoms with E-state index < -0.39 is 0 Å². The van der Waals surface area contributed by atoms with E-state index in [2.05, 4.69) is 22.5 Å². The summed E-state index contributed by atoms with van der Waals surface area (Å²) in [5.74, 6) is 0.423. The first-order valence-electron chi connectivity index (χ1n) is 7.17. The van der Waals surface area contributed by atoms with Gasteiger partial charge in [0.1, 0.15) is 0 Å². The van der Waals surface area contributed by atoms with Crippen LogP contribution in [0.3, 0.4) is 0 Å². The van der Waals surface area contributed by atoms with Gasteiger partial charge in [-0.3, -0.25) is 9.48 Å². The Balaban J connectivity index is 1.74. The zero-order chi connectivity index (χ0) is 15.4. The van der Waals surface area contributed by atoms with Crippen LogP contribution in [0.15, 0.2) is 66.7 Å². The van der Waals surface area contributed by atoms with Crippen molar-refractivity contribution in [2.45, 2.75) is 13.5 Å². The van der Waals surface area contributed by atoms with E-state index in [0.717, 1.165) is 5.69 Å². The molecule has 0 radical (unpaired) electrons. The van der Waals surface area contributed by atoms with Crippen LogP contribution >= 0.6 is 0 Å². The fourth-order valence-electron chi connectivity index (χ4n) is 2.27. The van der Waals surface area contributed by atoms with Crippen molar-refractivity contribution in [3.05, 3.63) is 83.6 Å². The monoisotopic (exact) mass is 291 g/mol. The van der Waals surface area contributed by atoms with Gasteiger partial charge in [0.25, 0.3) is 5.91 Å². The highest BCUT2D eigenvalue weighted by Crippen LogP contribution is 2.12. The predicted octanol–water partition coefficient (Wildman–Crippen LogP) is 3.49. The number of hydrogen-bond donors (Lipinski definition) is 1. The Morgan fingerprint density at radius 3 is 2.36 bits per heavy atom. The molecule has 1 N–H and O–H groups in total.